The number of ether oxygens (including phenoxy) is 1. The molecule has 4 heteroatoms. The van der Waals surface area contributed by atoms with E-state index in [-0.39, 0.29) is 11.9 Å². The van der Waals surface area contributed by atoms with E-state index in [0.29, 0.717) is 12.1 Å². The highest BCUT2D eigenvalue weighted by atomic mass is 19.1. The molecule has 19 heavy (non-hydrogen) atoms. The number of halogens is 1. The van der Waals surface area contributed by atoms with Gasteiger partial charge < -0.3 is 10.1 Å². The minimum Gasteiger partial charge on any atom is -0.378 e. The van der Waals surface area contributed by atoms with Gasteiger partial charge in [0.05, 0.1) is 18.0 Å². The Balaban J connectivity index is 1.96. The molecule has 1 aromatic heterocycles. The zero-order valence-electron chi connectivity index (χ0n) is 11.7. The number of nitrogens with zero attached hydrogens (tertiary/aromatic N) is 1. The molecule has 0 bridgehead atoms. The van der Waals surface area contributed by atoms with Crippen LogP contribution in [0.1, 0.15) is 51.3 Å². The predicted molar refractivity (Wildman–Crippen MR) is 73.4 cm³/mol. The van der Waals surface area contributed by atoms with E-state index in [1.54, 1.807) is 6.07 Å². The van der Waals surface area contributed by atoms with Crippen LogP contribution in [0.2, 0.25) is 0 Å². The van der Waals surface area contributed by atoms with Crippen LogP contribution in [0, 0.1) is 5.82 Å². The Kier molecular flexibility index (Phi) is 5.28. The van der Waals surface area contributed by atoms with E-state index < -0.39 is 0 Å². The summed E-state index contributed by atoms with van der Waals surface area (Å²) in [6.07, 6.45) is 6.01. The molecule has 1 aliphatic rings. The van der Waals surface area contributed by atoms with Crippen molar-refractivity contribution in [2.75, 3.05) is 6.61 Å². The van der Waals surface area contributed by atoms with Crippen LogP contribution in [-0.4, -0.2) is 23.7 Å². The molecule has 2 rings (SSSR count). The van der Waals surface area contributed by atoms with Crippen molar-refractivity contribution >= 4 is 0 Å². The number of hydrogen-bond donors (Lipinski definition) is 1. The summed E-state index contributed by atoms with van der Waals surface area (Å²) in [6.45, 7) is 5.12. The second-order valence-corrected chi connectivity index (χ2v) is 5.49. The lowest BCUT2D eigenvalue weighted by atomic mass is 10.0. The van der Waals surface area contributed by atoms with Crippen LogP contribution in [0.3, 0.4) is 0 Å². The molecule has 2 unspecified atom stereocenters. The number of nitrogens with one attached hydrogen (secondary N) is 1. The van der Waals surface area contributed by atoms with E-state index >= 15 is 0 Å². The highest BCUT2D eigenvalue weighted by Gasteiger charge is 2.20. The van der Waals surface area contributed by atoms with Gasteiger partial charge in [-0.1, -0.05) is 13.8 Å². The third kappa shape index (κ3) is 4.55. The van der Waals surface area contributed by atoms with Crippen molar-refractivity contribution in [3.8, 4) is 0 Å². The molecule has 106 valence electrons. The third-order valence-corrected chi connectivity index (χ3v) is 3.44. The smallest absolute Gasteiger partial charge is 0.141 e. The summed E-state index contributed by atoms with van der Waals surface area (Å²) in [5.74, 6) is -0.286. The molecular formula is C15H23FN2O. The summed E-state index contributed by atoms with van der Waals surface area (Å²) in [7, 11) is 0. The molecule has 2 heterocycles. The zero-order chi connectivity index (χ0) is 13.7. The van der Waals surface area contributed by atoms with Crippen LogP contribution in [0.25, 0.3) is 0 Å². The van der Waals surface area contributed by atoms with Crippen LogP contribution < -0.4 is 5.32 Å². The lowest BCUT2D eigenvalue weighted by Crippen LogP contribution is -2.29. The summed E-state index contributed by atoms with van der Waals surface area (Å²) in [5, 5.41) is 3.50. The maximum atomic E-state index is 12.9. The Hall–Kier alpha value is -1.00. The summed E-state index contributed by atoms with van der Waals surface area (Å²) >= 11 is 0. The number of aromatic nitrogens is 1. The lowest BCUT2D eigenvalue weighted by molar-refractivity contribution is 0.0991. The Labute approximate surface area is 114 Å². The standard InChI is InChI=1S/C15H23FN2O/c1-11(2)18-15(8-6-13-4-3-9-19-13)14-7-5-12(16)10-17-14/h5,7,10-11,13,15,18H,3-4,6,8-9H2,1-2H3. The third-order valence-electron chi connectivity index (χ3n) is 3.44. The highest BCUT2D eigenvalue weighted by Crippen LogP contribution is 2.23. The molecule has 1 aliphatic heterocycles. The second-order valence-electron chi connectivity index (χ2n) is 5.49. The minimum atomic E-state index is -0.286. The Bertz CT molecular complexity index is 374. The largest absolute Gasteiger partial charge is 0.378 e. The molecule has 1 saturated heterocycles. The topological polar surface area (TPSA) is 34.1 Å². The Morgan fingerprint density at radius 2 is 2.32 bits per heavy atom. The maximum Gasteiger partial charge on any atom is 0.141 e. The molecule has 0 amide bonds. The SMILES string of the molecule is CC(C)NC(CCC1CCCO1)c1ccc(F)cn1. The van der Waals surface area contributed by atoms with Gasteiger partial charge >= 0.3 is 0 Å². The molecule has 2 atom stereocenters. The quantitative estimate of drug-likeness (QED) is 0.858. The van der Waals surface area contributed by atoms with Crippen LogP contribution in [0.4, 0.5) is 4.39 Å². The fraction of sp³-hybridized carbons (Fsp3) is 0.667. The Morgan fingerprint density at radius 1 is 1.47 bits per heavy atom. The average Bonchev–Trinajstić information content (AvgIpc) is 2.88. The predicted octanol–water partition coefficient (Wildman–Crippen LogP) is 3.22. The van der Waals surface area contributed by atoms with Crippen molar-refractivity contribution in [2.45, 2.75) is 57.7 Å². The molecule has 0 aliphatic carbocycles. The molecule has 1 N–H and O–H groups in total. The van der Waals surface area contributed by atoms with Gasteiger partial charge in [0.2, 0.25) is 0 Å². The normalized spacial score (nSPS) is 20.9. The van der Waals surface area contributed by atoms with E-state index in [9.17, 15) is 4.39 Å². The molecule has 1 fully saturated rings. The second kappa shape index (κ2) is 6.96. The fourth-order valence-electron chi connectivity index (χ4n) is 2.54. The van der Waals surface area contributed by atoms with Crippen molar-refractivity contribution in [1.29, 1.82) is 0 Å². The van der Waals surface area contributed by atoms with Crippen molar-refractivity contribution in [3.63, 3.8) is 0 Å². The molecule has 1 aromatic rings. The summed E-state index contributed by atoms with van der Waals surface area (Å²) < 4.78 is 18.6. The lowest BCUT2D eigenvalue weighted by Gasteiger charge is -2.22. The van der Waals surface area contributed by atoms with E-state index in [1.807, 2.05) is 0 Å². The van der Waals surface area contributed by atoms with Gasteiger partial charge in [0.15, 0.2) is 0 Å². The van der Waals surface area contributed by atoms with E-state index in [1.165, 1.54) is 18.7 Å². The maximum absolute atomic E-state index is 12.9. The summed E-state index contributed by atoms with van der Waals surface area (Å²) in [6, 6.07) is 3.79. The van der Waals surface area contributed by atoms with Crippen LogP contribution in [0.5, 0.6) is 0 Å². The Morgan fingerprint density at radius 3 is 2.89 bits per heavy atom. The zero-order valence-corrected chi connectivity index (χ0v) is 11.7. The van der Waals surface area contributed by atoms with Crippen molar-refractivity contribution in [2.24, 2.45) is 0 Å². The van der Waals surface area contributed by atoms with Crippen LogP contribution in [0.15, 0.2) is 18.3 Å². The van der Waals surface area contributed by atoms with Gasteiger partial charge in [-0.2, -0.15) is 0 Å². The fourth-order valence-corrected chi connectivity index (χ4v) is 2.54. The first kappa shape index (κ1) is 14.4. The van der Waals surface area contributed by atoms with E-state index in [0.717, 1.165) is 31.6 Å². The number of pyridine rings is 1. The summed E-state index contributed by atoms with van der Waals surface area (Å²) in [4.78, 5) is 4.20. The monoisotopic (exact) mass is 266 g/mol. The first-order chi connectivity index (χ1) is 9.15. The van der Waals surface area contributed by atoms with Crippen LogP contribution in [-0.2, 0) is 4.74 Å². The van der Waals surface area contributed by atoms with Gasteiger partial charge in [-0.05, 0) is 37.8 Å². The van der Waals surface area contributed by atoms with E-state index in [2.05, 4.69) is 24.1 Å². The molecule has 0 saturated carbocycles. The van der Waals surface area contributed by atoms with Gasteiger partial charge in [-0.15, -0.1) is 0 Å². The first-order valence-electron chi connectivity index (χ1n) is 7.14. The molecule has 0 spiro atoms. The highest BCUT2D eigenvalue weighted by molar-refractivity contribution is 5.10. The summed E-state index contributed by atoms with van der Waals surface area (Å²) in [5.41, 5.74) is 0.910. The van der Waals surface area contributed by atoms with Gasteiger partial charge in [-0.3, -0.25) is 4.98 Å². The molecular weight excluding hydrogens is 243 g/mol. The van der Waals surface area contributed by atoms with E-state index in [4.69, 9.17) is 4.74 Å². The van der Waals surface area contributed by atoms with Crippen molar-refractivity contribution < 1.29 is 9.13 Å². The molecule has 0 radical (unpaired) electrons. The van der Waals surface area contributed by atoms with Crippen molar-refractivity contribution in [3.05, 3.63) is 29.8 Å². The molecule has 3 nitrogen and oxygen atoms in total. The minimum absolute atomic E-state index is 0.171. The first-order valence-corrected chi connectivity index (χ1v) is 7.14. The van der Waals surface area contributed by atoms with Gasteiger partial charge in [0.25, 0.3) is 0 Å². The van der Waals surface area contributed by atoms with Crippen LogP contribution >= 0.6 is 0 Å². The molecule has 0 aromatic carbocycles. The number of hydrogen-bond acceptors (Lipinski definition) is 3. The van der Waals surface area contributed by atoms with Gasteiger partial charge in [-0.25, -0.2) is 4.39 Å². The number of rotatable bonds is 6. The van der Waals surface area contributed by atoms with Crippen molar-refractivity contribution in [1.82, 2.24) is 10.3 Å². The average molecular weight is 266 g/mol. The van der Waals surface area contributed by atoms with Gasteiger partial charge in [0.1, 0.15) is 5.82 Å². The van der Waals surface area contributed by atoms with Gasteiger partial charge in [0, 0.05) is 18.7 Å².